The van der Waals surface area contributed by atoms with Gasteiger partial charge in [-0.15, -0.1) is 0 Å². The van der Waals surface area contributed by atoms with Gasteiger partial charge in [-0.05, 0) is 26.2 Å². The van der Waals surface area contributed by atoms with Gasteiger partial charge in [-0.3, -0.25) is 4.90 Å². The predicted molar refractivity (Wildman–Crippen MR) is 52.6 cm³/mol. The highest BCUT2D eigenvalue weighted by Crippen LogP contribution is 2.24. The molecule has 2 fully saturated rings. The van der Waals surface area contributed by atoms with Crippen LogP contribution < -0.4 is 5.73 Å². The van der Waals surface area contributed by atoms with Crippen molar-refractivity contribution in [3.8, 4) is 0 Å². The predicted octanol–water partition coefficient (Wildman–Crippen LogP) is 0.587. The molecule has 76 valence electrons. The van der Waals surface area contributed by atoms with E-state index in [-0.39, 0.29) is 0 Å². The molecule has 1 saturated heterocycles. The van der Waals surface area contributed by atoms with E-state index in [0.717, 1.165) is 25.7 Å². The standard InChI is InChI=1S/C10H20N2O/c1-8-7-12(4-5-13-8)10-3-2-9(11)6-10/h8-10H,2-7,11H2,1H3. The van der Waals surface area contributed by atoms with E-state index in [1.54, 1.807) is 0 Å². The van der Waals surface area contributed by atoms with E-state index in [9.17, 15) is 0 Å². The van der Waals surface area contributed by atoms with Gasteiger partial charge in [-0.25, -0.2) is 0 Å². The summed E-state index contributed by atoms with van der Waals surface area (Å²) in [5.41, 5.74) is 5.91. The van der Waals surface area contributed by atoms with Crippen LogP contribution in [-0.2, 0) is 4.74 Å². The Kier molecular flexibility index (Phi) is 2.86. The van der Waals surface area contributed by atoms with Crippen molar-refractivity contribution in [3.05, 3.63) is 0 Å². The molecule has 1 saturated carbocycles. The summed E-state index contributed by atoms with van der Waals surface area (Å²) in [6.45, 7) is 5.24. The molecule has 0 spiro atoms. The molecular formula is C10H20N2O. The molecule has 0 bridgehead atoms. The van der Waals surface area contributed by atoms with E-state index in [1.165, 1.54) is 19.3 Å². The highest BCUT2D eigenvalue weighted by molar-refractivity contribution is 4.86. The average Bonchev–Trinajstić information content (AvgIpc) is 2.52. The molecule has 0 aromatic heterocycles. The lowest BCUT2D eigenvalue weighted by atomic mass is 10.1. The highest BCUT2D eigenvalue weighted by Gasteiger charge is 2.29. The molecule has 1 aliphatic carbocycles. The summed E-state index contributed by atoms with van der Waals surface area (Å²) in [5.74, 6) is 0. The van der Waals surface area contributed by atoms with Gasteiger partial charge in [-0.2, -0.15) is 0 Å². The van der Waals surface area contributed by atoms with Gasteiger partial charge in [0.15, 0.2) is 0 Å². The van der Waals surface area contributed by atoms with Gasteiger partial charge in [0.05, 0.1) is 12.7 Å². The van der Waals surface area contributed by atoms with Crippen molar-refractivity contribution in [2.45, 2.75) is 44.4 Å². The molecule has 0 aromatic rings. The lowest BCUT2D eigenvalue weighted by Gasteiger charge is -2.35. The molecule has 0 aromatic carbocycles. The smallest absolute Gasteiger partial charge is 0.0674 e. The Balaban J connectivity index is 1.85. The summed E-state index contributed by atoms with van der Waals surface area (Å²) in [6, 6.07) is 1.18. The summed E-state index contributed by atoms with van der Waals surface area (Å²) in [5, 5.41) is 0. The zero-order valence-corrected chi connectivity index (χ0v) is 8.41. The van der Waals surface area contributed by atoms with E-state index in [4.69, 9.17) is 10.5 Å². The summed E-state index contributed by atoms with van der Waals surface area (Å²) >= 11 is 0. The van der Waals surface area contributed by atoms with Gasteiger partial charge in [-0.1, -0.05) is 0 Å². The maximum Gasteiger partial charge on any atom is 0.0674 e. The Hall–Kier alpha value is -0.120. The fourth-order valence-corrected chi connectivity index (χ4v) is 2.50. The van der Waals surface area contributed by atoms with Crippen molar-refractivity contribution in [1.82, 2.24) is 4.90 Å². The second-order valence-electron chi connectivity index (χ2n) is 4.40. The van der Waals surface area contributed by atoms with Crippen LogP contribution in [0.25, 0.3) is 0 Å². The zero-order valence-electron chi connectivity index (χ0n) is 8.41. The molecule has 2 rings (SSSR count). The molecule has 3 nitrogen and oxygen atoms in total. The van der Waals surface area contributed by atoms with Crippen molar-refractivity contribution in [2.75, 3.05) is 19.7 Å². The first-order valence-corrected chi connectivity index (χ1v) is 5.37. The number of ether oxygens (including phenoxy) is 1. The summed E-state index contributed by atoms with van der Waals surface area (Å²) in [7, 11) is 0. The van der Waals surface area contributed by atoms with E-state index >= 15 is 0 Å². The third-order valence-electron chi connectivity index (χ3n) is 3.23. The van der Waals surface area contributed by atoms with Crippen molar-refractivity contribution < 1.29 is 4.74 Å². The van der Waals surface area contributed by atoms with E-state index in [2.05, 4.69) is 11.8 Å². The van der Waals surface area contributed by atoms with E-state index in [0.29, 0.717) is 12.1 Å². The molecule has 1 aliphatic heterocycles. The maximum absolute atomic E-state index is 5.91. The van der Waals surface area contributed by atoms with Crippen LogP contribution in [0.1, 0.15) is 26.2 Å². The van der Waals surface area contributed by atoms with Crippen LogP contribution in [0.2, 0.25) is 0 Å². The van der Waals surface area contributed by atoms with Crippen LogP contribution in [0.3, 0.4) is 0 Å². The minimum atomic E-state index is 0.408. The van der Waals surface area contributed by atoms with Crippen molar-refractivity contribution in [3.63, 3.8) is 0 Å². The SMILES string of the molecule is CC1CN(C2CCC(N)C2)CCO1. The Morgan fingerprint density at radius 2 is 2.23 bits per heavy atom. The first-order valence-electron chi connectivity index (χ1n) is 5.37. The van der Waals surface area contributed by atoms with Gasteiger partial charge < -0.3 is 10.5 Å². The average molecular weight is 184 g/mol. The number of rotatable bonds is 1. The second kappa shape index (κ2) is 3.95. The van der Waals surface area contributed by atoms with Gasteiger partial charge in [0.1, 0.15) is 0 Å². The van der Waals surface area contributed by atoms with Crippen LogP contribution in [0, 0.1) is 0 Å². The van der Waals surface area contributed by atoms with Gasteiger partial charge >= 0.3 is 0 Å². The number of morpholine rings is 1. The topological polar surface area (TPSA) is 38.5 Å². The van der Waals surface area contributed by atoms with Crippen LogP contribution in [0.5, 0.6) is 0 Å². The molecule has 1 heterocycles. The van der Waals surface area contributed by atoms with E-state index in [1.807, 2.05) is 0 Å². The second-order valence-corrected chi connectivity index (χ2v) is 4.40. The number of hydrogen-bond donors (Lipinski definition) is 1. The lowest BCUT2D eigenvalue weighted by molar-refractivity contribution is -0.0331. The van der Waals surface area contributed by atoms with Crippen LogP contribution in [0.4, 0.5) is 0 Å². The van der Waals surface area contributed by atoms with Crippen LogP contribution >= 0.6 is 0 Å². The Morgan fingerprint density at radius 3 is 2.85 bits per heavy atom. The molecule has 2 aliphatic rings. The van der Waals surface area contributed by atoms with Crippen molar-refractivity contribution in [2.24, 2.45) is 5.73 Å². The van der Waals surface area contributed by atoms with Crippen molar-refractivity contribution in [1.29, 1.82) is 0 Å². The number of nitrogens with two attached hydrogens (primary N) is 1. The minimum absolute atomic E-state index is 0.408. The fraction of sp³-hybridized carbons (Fsp3) is 1.00. The third kappa shape index (κ3) is 2.22. The van der Waals surface area contributed by atoms with Gasteiger partial charge in [0.2, 0.25) is 0 Å². The quantitative estimate of drug-likeness (QED) is 0.648. The molecule has 3 unspecified atom stereocenters. The summed E-state index contributed by atoms with van der Waals surface area (Å²) in [6.07, 6.45) is 4.09. The molecule has 0 radical (unpaired) electrons. The maximum atomic E-state index is 5.91. The monoisotopic (exact) mass is 184 g/mol. The molecular weight excluding hydrogens is 164 g/mol. The zero-order chi connectivity index (χ0) is 9.26. The molecule has 0 amide bonds. The number of hydrogen-bond acceptors (Lipinski definition) is 3. The Labute approximate surface area is 80.2 Å². The van der Waals surface area contributed by atoms with Crippen molar-refractivity contribution >= 4 is 0 Å². The number of nitrogens with zero attached hydrogens (tertiary/aromatic N) is 1. The van der Waals surface area contributed by atoms with Crippen LogP contribution in [-0.4, -0.2) is 42.8 Å². The lowest BCUT2D eigenvalue weighted by Crippen LogP contribution is -2.46. The minimum Gasteiger partial charge on any atom is -0.376 e. The normalized spacial score (nSPS) is 42.5. The molecule has 2 N–H and O–H groups in total. The molecule has 3 atom stereocenters. The summed E-state index contributed by atoms with van der Waals surface area (Å²) in [4.78, 5) is 2.56. The Bertz CT molecular complexity index is 174. The molecule has 3 heteroatoms. The first-order chi connectivity index (χ1) is 6.25. The highest BCUT2D eigenvalue weighted by atomic mass is 16.5. The third-order valence-corrected chi connectivity index (χ3v) is 3.23. The molecule has 13 heavy (non-hydrogen) atoms. The first kappa shape index (κ1) is 9.44. The largest absolute Gasteiger partial charge is 0.376 e. The van der Waals surface area contributed by atoms with Crippen LogP contribution in [0.15, 0.2) is 0 Å². The van der Waals surface area contributed by atoms with Gasteiger partial charge in [0, 0.05) is 25.2 Å². The fourth-order valence-electron chi connectivity index (χ4n) is 2.50. The Morgan fingerprint density at radius 1 is 1.38 bits per heavy atom. The van der Waals surface area contributed by atoms with E-state index < -0.39 is 0 Å². The van der Waals surface area contributed by atoms with Gasteiger partial charge in [0.25, 0.3) is 0 Å². The summed E-state index contributed by atoms with van der Waals surface area (Å²) < 4.78 is 5.52.